The fourth-order valence-corrected chi connectivity index (χ4v) is 0. The van der Waals surface area contributed by atoms with Crippen molar-refractivity contribution in [3.63, 3.8) is 0 Å². The van der Waals surface area contributed by atoms with Crippen LogP contribution in [0.1, 0.15) is 4.28 Å². The molecule has 0 spiro atoms. The van der Waals surface area contributed by atoms with Gasteiger partial charge in [0.25, 0.3) is 0 Å². The summed E-state index contributed by atoms with van der Waals surface area (Å²) in [5.41, 5.74) is 0. The van der Waals surface area contributed by atoms with Crippen molar-refractivity contribution in [2.24, 2.45) is 0 Å². The topological polar surface area (TPSA) is 0 Å². The molecular weight excluding hydrogens is 85.0 g/mol. The van der Waals surface area contributed by atoms with Crippen LogP contribution in [0, 0.1) is 0 Å². The van der Waals surface area contributed by atoms with E-state index < -0.39 is 0 Å². The second kappa shape index (κ2) is 22.1. The number of hydrogen-bond acceptors (Lipinski definition) is 0. The molecule has 4 heteroatoms. The monoisotopic (exact) mass is 90.0 g/mol. The van der Waals surface area contributed by atoms with E-state index in [1.165, 1.54) is 0 Å². The van der Waals surface area contributed by atoms with Gasteiger partial charge in [0.15, 0.2) is 0 Å². The molecule has 0 unspecified atom stereocenters. The van der Waals surface area contributed by atoms with Crippen LogP contribution in [0.4, 0.5) is 9.41 Å². The van der Waals surface area contributed by atoms with Crippen molar-refractivity contribution in [1.82, 2.24) is 0 Å². The van der Waals surface area contributed by atoms with E-state index in [1.54, 1.807) is 0 Å². The smallest absolute Gasteiger partial charge is 1.00 e. The molecule has 0 amide bonds. The molecule has 0 aromatic heterocycles. The van der Waals surface area contributed by atoms with E-state index >= 15 is 0 Å². The van der Waals surface area contributed by atoms with Gasteiger partial charge in [0.05, 0.1) is 0 Å². The molecule has 4 heavy (non-hydrogen) atoms. The molecule has 0 aromatic rings. The van der Waals surface area contributed by atoms with Crippen LogP contribution in [0.2, 0.25) is 0 Å². The van der Waals surface area contributed by atoms with E-state index in [1.807, 2.05) is 0 Å². The van der Waals surface area contributed by atoms with Gasteiger partial charge in [-0.2, -0.15) is 0 Å². The first-order chi connectivity index (χ1) is 0. The Kier molecular flexibility index (Phi) is 238. The first kappa shape index (κ1) is 43.1. The normalized spacial score (nSPS) is 0. The molecule has 0 rings (SSSR count). The van der Waals surface area contributed by atoms with Gasteiger partial charge in [-0.05, 0) is 0 Å². The largest absolute Gasteiger partial charge is 2.00 e. The first-order valence-corrected chi connectivity index (χ1v) is 0. The van der Waals surface area contributed by atoms with Crippen molar-refractivity contribution >= 4 is 37.7 Å². The summed E-state index contributed by atoms with van der Waals surface area (Å²) in [6.45, 7) is 0. The Morgan fingerprint density at radius 2 is 1.00 bits per heavy atom. The molecule has 0 bridgehead atoms. The summed E-state index contributed by atoms with van der Waals surface area (Å²) in [6.07, 6.45) is 0. The maximum Gasteiger partial charge on any atom is 2.00 e. The van der Waals surface area contributed by atoms with Crippen molar-refractivity contribution in [1.29, 1.82) is 0 Å². The molecule has 0 nitrogen and oxygen atoms in total. The number of rotatable bonds is 0. The fourth-order valence-electron chi connectivity index (χ4n) is 0. The van der Waals surface area contributed by atoms with Crippen molar-refractivity contribution < 1.29 is 32.5 Å². The van der Waals surface area contributed by atoms with Crippen molar-refractivity contribution in [3.8, 4) is 0 Å². The summed E-state index contributed by atoms with van der Waals surface area (Å²) in [7, 11) is 0. The first-order valence-electron chi connectivity index (χ1n) is 0. The maximum atomic E-state index is 0. The van der Waals surface area contributed by atoms with Crippen LogP contribution in [-0.2, 0) is 0 Å². The van der Waals surface area contributed by atoms with Gasteiger partial charge in [0, 0.05) is 0 Å². The molecule has 0 saturated carbocycles. The van der Waals surface area contributed by atoms with Gasteiger partial charge >= 0.3 is 56.6 Å². The molecule has 0 aliphatic heterocycles. The third-order valence-electron chi connectivity index (χ3n) is 0. The molecule has 22 valence electrons. The molecular formula is H5CaF2Li. The van der Waals surface area contributed by atoms with Gasteiger partial charge in [-0.3, -0.25) is 9.41 Å². The third-order valence-corrected chi connectivity index (χ3v) is 0. The Bertz CT molecular complexity index is 12.9. The minimum atomic E-state index is 0. The van der Waals surface area contributed by atoms with Crippen LogP contribution in [0.3, 0.4) is 0 Å². The average molecular weight is 90.1 g/mol. The zero-order valence-corrected chi connectivity index (χ0v) is 4.73. The Labute approximate surface area is 69.7 Å². The Hall–Kier alpha value is 1.72. The van der Waals surface area contributed by atoms with E-state index in [-0.39, 0.29) is 70.3 Å². The summed E-state index contributed by atoms with van der Waals surface area (Å²) in [4.78, 5) is 0. The van der Waals surface area contributed by atoms with E-state index in [0.717, 1.165) is 0 Å². The van der Waals surface area contributed by atoms with Crippen molar-refractivity contribution in [2.75, 3.05) is 0 Å². The molecule has 0 aliphatic carbocycles. The summed E-state index contributed by atoms with van der Waals surface area (Å²) < 4.78 is 0. The van der Waals surface area contributed by atoms with Crippen molar-refractivity contribution in [2.45, 2.75) is 0 Å². The third kappa shape index (κ3) is 9.31. The number of halogens is 2. The number of hydrogen-bond donors (Lipinski definition) is 0. The molecule has 0 atom stereocenters. The molecule has 0 radical (unpaired) electrons. The van der Waals surface area contributed by atoms with E-state index in [9.17, 15) is 0 Å². The van der Waals surface area contributed by atoms with Crippen molar-refractivity contribution in [3.05, 3.63) is 0 Å². The quantitative estimate of drug-likeness (QED) is 0.283. The molecule has 0 N–H and O–H groups in total. The second-order valence-corrected chi connectivity index (χ2v) is 0. The minimum Gasteiger partial charge on any atom is -1.00 e. The molecule has 0 fully saturated rings. The van der Waals surface area contributed by atoms with Crippen LogP contribution in [-0.4, -0.2) is 37.7 Å². The Morgan fingerprint density at radius 1 is 1.00 bits per heavy atom. The predicted molar refractivity (Wildman–Crippen MR) is 14.1 cm³/mol. The van der Waals surface area contributed by atoms with Gasteiger partial charge in [-0.25, -0.2) is 0 Å². The van der Waals surface area contributed by atoms with Crippen LogP contribution in [0.5, 0.6) is 0 Å². The Morgan fingerprint density at radius 3 is 1.00 bits per heavy atom. The van der Waals surface area contributed by atoms with Gasteiger partial charge in [0.2, 0.25) is 0 Å². The Balaban J connectivity index is 0. The van der Waals surface area contributed by atoms with Gasteiger partial charge in [0.1, 0.15) is 0 Å². The standard InChI is InChI=1S/Ca.2FH.Li.3H/h;2*1H;;;;/q+2;;;+1;3*-1. The zero-order valence-electron chi connectivity index (χ0n) is 5.52. The zero-order chi connectivity index (χ0) is 0. The van der Waals surface area contributed by atoms with Gasteiger partial charge < -0.3 is 4.28 Å². The second-order valence-electron chi connectivity index (χ2n) is 0. The predicted octanol–water partition coefficient (Wildman–Crippen LogP) is -2.73. The summed E-state index contributed by atoms with van der Waals surface area (Å²) in [6, 6.07) is 0. The van der Waals surface area contributed by atoms with Crippen LogP contribution in [0.25, 0.3) is 0 Å². The summed E-state index contributed by atoms with van der Waals surface area (Å²) >= 11 is 0. The SMILES string of the molecule is F.F.[Ca+2].[H-].[H-].[H-].[Li+]. The minimum absolute atomic E-state index is 0. The van der Waals surface area contributed by atoms with Gasteiger partial charge in [-0.1, -0.05) is 0 Å². The molecule has 0 aromatic carbocycles. The average Bonchev–Trinajstić information content (AvgIpc) is 0. The van der Waals surface area contributed by atoms with E-state index in [4.69, 9.17) is 0 Å². The molecule has 0 saturated heterocycles. The van der Waals surface area contributed by atoms with Crippen LogP contribution in [0.15, 0.2) is 0 Å². The molecule has 0 heterocycles. The van der Waals surface area contributed by atoms with Crippen LogP contribution >= 0.6 is 0 Å². The van der Waals surface area contributed by atoms with Gasteiger partial charge in [-0.15, -0.1) is 0 Å². The summed E-state index contributed by atoms with van der Waals surface area (Å²) in [5, 5.41) is 0. The molecule has 0 aliphatic rings. The fraction of sp³-hybridized carbons (Fsp3) is 0. The van der Waals surface area contributed by atoms with Crippen LogP contribution < -0.4 is 18.9 Å². The maximum absolute atomic E-state index is 0. The van der Waals surface area contributed by atoms with E-state index in [0.29, 0.717) is 0 Å². The van der Waals surface area contributed by atoms with E-state index in [2.05, 4.69) is 0 Å². The summed E-state index contributed by atoms with van der Waals surface area (Å²) in [5.74, 6) is 0.